The van der Waals surface area contributed by atoms with E-state index in [0.29, 0.717) is 18.2 Å². The highest BCUT2D eigenvalue weighted by atomic mass is 127. The van der Waals surface area contributed by atoms with E-state index in [0.717, 1.165) is 3.57 Å². The Balaban J connectivity index is 1.39. The number of pyridine rings is 1. The number of carbonyl (C=O) groups is 2. The number of ether oxygens (including phenoxy) is 2. The van der Waals surface area contributed by atoms with Gasteiger partial charge in [0, 0.05) is 22.9 Å². The maximum Gasteiger partial charge on any atom is 0.256 e. The number of benzene rings is 1. The number of rotatable bonds is 7. The molecule has 1 atom stereocenters. The van der Waals surface area contributed by atoms with Crippen molar-refractivity contribution in [1.29, 1.82) is 0 Å². The number of hydrogen-bond donors (Lipinski definition) is 2. The second-order valence-corrected chi connectivity index (χ2v) is 10.2. The summed E-state index contributed by atoms with van der Waals surface area (Å²) in [6.45, 7) is 5.62. The second kappa shape index (κ2) is 10.5. The summed E-state index contributed by atoms with van der Waals surface area (Å²) >= 11 is 2.05. The quantitative estimate of drug-likeness (QED) is 0.278. The van der Waals surface area contributed by atoms with E-state index in [1.165, 1.54) is 11.1 Å². The summed E-state index contributed by atoms with van der Waals surface area (Å²) in [5, 5.41) is 2.62. The lowest BCUT2D eigenvalue weighted by molar-refractivity contribution is -0.156. The summed E-state index contributed by atoms with van der Waals surface area (Å²) < 4.78 is 54.6. The molecule has 2 aliphatic rings. The van der Waals surface area contributed by atoms with Crippen molar-refractivity contribution in [3.05, 3.63) is 50.5 Å². The maximum absolute atomic E-state index is 14.7. The van der Waals surface area contributed by atoms with Crippen LogP contribution < -0.4 is 10.8 Å². The first-order valence-corrected chi connectivity index (χ1v) is 12.1. The fraction of sp³-hybridized carbons (Fsp3) is 0.435. The average molecular weight is 620 g/mol. The van der Waals surface area contributed by atoms with E-state index >= 15 is 0 Å². The molecular weight excluding hydrogens is 596 g/mol. The third-order valence-electron chi connectivity index (χ3n) is 5.73. The van der Waals surface area contributed by atoms with Gasteiger partial charge in [0.2, 0.25) is 5.91 Å². The summed E-state index contributed by atoms with van der Waals surface area (Å²) in [4.78, 5) is 35.9. The van der Waals surface area contributed by atoms with Gasteiger partial charge in [-0.3, -0.25) is 14.4 Å². The highest BCUT2D eigenvalue weighted by Gasteiger charge is 2.38. The van der Waals surface area contributed by atoms with Crippen LogP contribution in [0.4, 0.5) is 24.7 Å². The Kier molecular flexibility index (Phi) is 7.73. The molecule has 0 saturated carbocycles. The third-order valence-corrected chi connectivity index (χ3v) is 6.32. The van der Waals surface area contributed by atoms with Crippen molar-refractivity contribution in [2.45, 2.75) is 32.7 Å². The van der Waals surface area contributed by atoms with Crippen LogP contribution in [-0.4, -0.2) is 59.9 Å². The zero-order valence-corrected chi connectivity index (χ0v) is 21.8. The summed E-state index contributed by atoms with van der Waals surface area (Å²) in [7, 11) is 0. The molecule has 0 bridgehead atoms. The third kappa shape index (κ3) is 5.74. The van der Waals surface area contributed by atoms with Crippen LogP contribution in [0.5, 0.6) is 0 Å². The lowest BCUT2D eigenvalue weighted by atomic mass is 9.97. The molecule has 0 radical (unpaired) electrons. The Hall–Kier alpha value is -2.49. The molecule has 4 rings (SSSR count). The predicted molar refractivity (Wildman–Crippen MR) is 130 cm³/mol. The average Bonchev–Trinajstić information content (AvgIpc) is 3.12. The molecule has 2 N–H and O–H groups in total. The number of hydroxylamine groups is 1. The van der Waals surface area contributed by atoms with E-state index in [1.54, 1.807) is 26.8 Å². The van der Waals surface area contributed by atoms with E-state index in [1.807, 2.05) is 22.6 Å². The first kappa shape index (κ1) is 26.6. The van der Waals surface area contributed by atoms with E-state index in [-0.39, 0.29) is 31.6 Å². The van der Waals surface area contributed by atoms with Gasteiger partial charge in [-0.25, -0.2) is 23.6 Å². The van der Waals surface area contributed by atoms with Crippen molar-refractivity contribution < 1.29 is 37.1 Å². The van der Waals surface area contributed by atoms with Crippen molar-refractivity contribution in [2.24, 2.45) is 5.92 Å². The molecule has 1 aromatic heterocycles. The molecule has 1 unspecified atom stereocenters. The van der Waals surface area contributed by atoms with Crippen LogP contribution in [0.1, 0.15) is 29.8 Å². The van der Waals surface area contributed by atoms with Crippen molar-refractivity contribution in [3.8, 4) is 0 Å². The van der Waals surface area contributed by atoms with Gasteiger partial charge in [-0.2, -0.15) is 0 Å². The summed E-state index contributed by atoms with van der Waals surface area (Å²) in [6.07, 6.45) is 1.17. The Morgan fingerprint density at radius 1 is 1.25 bits per heavy atom. The molecule has 2 saturated heterocycles. The van der Waals surface area contributed by atoms with Crippen molar-refractivity contribution in [1.82, 2.24) is 15.4 Å². The molecule has 2 aromatic rings. The summed E-state index contributed by atoms with van der Waals surface area (Å²) in [6, 6.07) is 2.38. The monoisotopic (exact) mass is 620 g/mol. The number of aromatic nitrogens is 1. The van der Waals surface area contributed by atoms with Crippen molar-refractivity contribution in [2.75, 3.05) is 31.6 Å². The summed E-state index contributed by atoms with van der Waals surface area (Å²) in [5.41, 5.74) is 1.98. The van der Waals surface area contributed by atoms with Gasteiger partial charge in [-0.05, 0) is 61.1 Å². The van der Waals surface area contributed by atoms with Gasteiger partial charge in [0.25, 0.3) is 5.91 Å². The number of hydrogen-bond acceptors (Lipinski definition) is 7. The molecule has 3 heterocycles. The first-order chi connectivity index (χ1) is 16.9. The molecular formula is C23H24F3IN4O5. The van der Waals surface area contributed by atoms with Gasteiger partial charge >= 0.3 is 0 Å². The van der Waals surface area contributed by atoms with Crippen LogP contribution in [0.3, 0.4) is 0 Å². The van der Waals surface area contributed by atoms with Gasteiger partial charge in [0.1, 0.15) is 18.5 Å². The van der Waals surface area contributed by atoms with Crippen LogP contribution in [0.25, 0.3) is 0 Å². The Labute approximate surface area is 218 Å². The molecule has 9 nitrogen and oxygen atoms in total. The smallest absolute Gasteiger partial charge is 0.256 e. The minimum absolute atomic E-state index is 0.00897. The molecule has 194 valence electrons. The first-order valence-electron chi connectivity index (χ1n) is 11.0. The predicted octanol–water partition coefficient (Wildman–Crippen LogP) is 3.43. The van der Waals surface area contributed by atoms with Gasteiger partial charge in [0.05, 0.1) is 23.8 Å². The van der Waals surface area contributed by atoms with Gasteiger partial charge in [-0.1, -0.05) is 0 Å². The Morgan fingerprint density at radius 2 is 1.97 bits per heavy atom. The van der Waals surface area contributed by atoms with Crippen molar-refractivity contribution in [3.63, 3.8) is 0 Å². The normalized spacial score (nSPS) is 19.2. The lowest BCUT2D eigenvalue weighted by Gasteiger charge is -2.38. The number of carbonyl (C=O) groups excluding carboxylic acids is 2. The second-order valence-electron chi connectivity index (χ2n) is 8.99. The standard InChI is InChI=1S/C23H24F3IN4O5/c1-11-4-13(27)6-28-20(11)29-19-15(5-16(24)17(25)18(19)26)22(33)31-7-12(8-31)21(32)30-35-10-14-9-34-23(2,3)36-14/h4-6,12,14H,7-10H2,1-3H3,(H,28,29)(H,30,32). The lowest BCUT2D eigenvalue weighted by Crippen LogP contribution is -2.56. The molecule has 2 aliphatic heterocycles. The van der Waals surface area contributed by atoms with Crippen LogP contribution in [0, 0.1) is 33.9 Å². The minimum Gasteiger partial charge on any atom is -0.348 e. The van der Waals surface area contributed by atoms with Gasteiger partial charge < -0.3 is 19.7 Å². The van der Waals surface area contributed by atoms with E-state index in [2.05, 4.69) is 15.8 Å². The molecule has 36 heavy (non-hydrogen) atoms. The maximum atomic E-state index is 14.7. The number of nitrogens with one attached hydrogen (secondary N) is 2. The molecule has 0 aliphatic carbocycles. The van der Waals surface area contributed by atoms with Gasteiger partial charge in [-0.15, -0.1) is 0 Å². The number of anilines is 2. The largest absolute Gasteiger partial charge is 0.348 e. The zero-order valence-electron chi connectivity index (χ0n) is 19.7. The highest BCUT2D eigenvalue weighted by molar-refractivity contribution is 14.1. The van der Waals surface area contributed by atoms with Crippen LogP contribution >= 0.6 is 22.6 Å². The highest BCUT2D eigenvalue weighted by Crippen LogP contribution is 2.31. The minimum atomic E-state index is -1.71. The number of halogens is 4. The Bertz CT molecular complexity index is 1190. The Morgan fingerprint density at radius 3 is 2.61 bits per heavy atom. The van der Waals surface area contributed by atoms with E-state index in [9.17, 15) is 22.8 Å². The molecule has 0 spiro atoms. The van der Waals surface area contributed by atoms with E-state index < -0.39 is 52.2 Å². The molecule has 2 amide bonds. The molecule has 2 fully saturated rings. The number of nitrogens with zero attached hydrogens (tertiary/aromatic N) is 2. The zero-order chi connectivity index (χ0) is 26.2. The molecule has 13 heteroatoms. The van der Waals surface area contributed by atoms with E-state index in [4.69, 9.17) is 14.3 Å². The van der Waals surface area contributed by atoms with Gasteiger partial charge in [0.15, 0.2) is 23.2 Å². The number of amides is 2. The SMILES string of the molecule is Cc1cc(I)cnc1Nc1c(C(=O)N2CC(C(=O)NOCC3COC(C)(C)O3)C2)cc(F)c(F)c1F. The summed E-state index contributed by atoms with van der Waals surface area (Å²) in [5.74, 6) is -7.08. The van der Waals surface area contributed by atoms with Crippen LogP contribution in [-0.2, 0) is 19.1 Å². The van der Waals surface area contributed by atoms with Crippen molar-refractivity contribution >= 4 is 45.9 Å². The molecule has 1 aromatic carbocycles. The number of likely N-dealkylation sites (tertiary alicyclic amines) is 1. The van der Waals surface area contributed by atoms with Crippen LogP contribution in [0.2, 0.25) is 0 Å². The van der Waals surface area contributed by atoms with Crippen LogP contribution in [0.15, 0.2) is 18.3 Å². The number of aryl methyl sites for hydroxylation is 1. The fourth-order valence-electron chi connectivity index (χ4n) is 3.79. The topological polar surface area (TPSA) is 102 Å². The fourth-order valence-corrected chi connectivity index (χ4v) is 4.40.